The highest BCUT2D eigenvalue weighted by molar-refractivity contribution is 7.92. The summed E-state index contributed by atoms with van der Waals surface area (Å²) >= 11 is 5.86. The zero-order chi connectivity index (χ0) is 21.9. The highest BCUT2D eigenvalue weighted by Crippen LogP contribution is 2.21. The zero-order valence-corrected chi connectivity index (χ0v) is 18.3. The molecule has 3 aromatic rings. The molecule has 1 amide bonds. The van der Waals surface area contributed by atoms with Crippen LogP contribution in [0.1, 0.15) is 17.0 Å². The van der Waals surface area contributed by atoms with Crippen LogP contribution in [0.25, 0.3) is 11.4 Å². The van der Waals surface area contributed by atoms with Gasteiger partial charge in [0, 0.05) is 10.6 Å². The van der Waals surface area contributed by atoms with E-state index in [0.717, 1.165) is 27.3 Å². The third-order valence-electron chi connectivity index (χ3n) is 4.47. The Balaban J connectivity index is 1.66. The van der Waals surface area contributed by atoms with E-state index >= 15 is 0 Å². The summed E-state index contributed by atoms with van der Waals surface area (Å²) in [7, 11) is -3.65. The second kappa shape index (κ2) is 8.85. The van der Waals surface area contributed by atoms with E-state index in [1.807, 2.05) is 19.9 Å². The van der Waals surface area contributed by atoms with Crippen molar-refractivity contribution in [1.29, 1.82) is 0 Å². The van der Waals surface area contributed by atoms with Gasteiger partial charge in [0.15, 0.2) is 0 Å². The minimum atomic E-state index is -3.65. The first-order valence-electron chi connectivity index (χ1n) is 9.03. The molecule has 0 atom stereocenters. The lowest BCUT2D eigenvalue weighted by molar-refractivity contribution is -0.119. The highest BCUT2D eigenvalue weighted by Gasteiger charge is 2.21. The van der Waals surface area contributed by atoms with Crippen LogP contribution in [0.15, 0.2) is 47.0 Å². The molecule has 30 heavy (non-hydrogen) atoms. The minimum absolute atomic E-state index is 0.0239. The molecule has 10 heteroatoms. The number of aryl methyl sites for hydroxylation is 2. The van der Waals surface area contributed by atoms with Gasteiger partial charge in [-0.25, -0.2) is 8.42 Å². The van der Waals surface area contributed by atoms with Crippen LogP contribution in [0.3, 0.4) is 0 Å². The first kappa shape index (κ1) is 21.8. The number of sulfonamides is 1. The Morgan fingerprint density at radius 1 is 1.13 bits per heavy atom. The van der Waals surface area contributed by atoms with Crippen LogP contribution in [0, 0.1) is 13.8 Å². The standard InChI is InChI=1S/C20H21ClN4O4S/c1-13-4-9-17(10-14(13)2)25(30(3,27)28)12-18(26)22-11-19-23-20(24-29-19)15-5-7-16(21)8-6-15/h4-10H,11-12H2,1-3H3,(H,22,26). The molecule has 1 N–H and O–H groups in total. The van der Waals surface area contributed by atoms with Crippen molar-refractivity contribution in [3.05, 3.63) is 64.5 Å². The lowest BCUT2D eigenvalue weighted by Crippen LogP contribution is -2.40. The summed E-state index contributed by atoms with van der Waals surface area (Å²) in [5, 5.41) is 7.07. The normalized spacial score (nSPS) is 11.3. The average molecular weight is 449 g/mol. The Hall–Kier alpha value is -2.91. The maximum Gasteiger partial charge on any atom is 0.246 e. The largest absolute Gasteiger partial charge is 0.345 e. The third kappa shape index (κ3) is 5.37. The molecule has 0 spiro atoms. The number of amides is 1. The molecule has 0 fully saturated rings. The number of aromatic nitrogens is 2. The van der Waals surface area contributed by atoms with Gasteiger partial charge in [-0.05, 0) is 61.4 Å². The van der Waals surface area contributed by atoms with Crippen LogP contribution in [0.4, 0.5) is 5.69 Å². The van der Waals surface area contributed by atoms with Gasteiger partial charge in [-0.2, -0.15) is 4.98 Å². The van der Waals surface area contributed by atoms with Gasteiger partial charge in [0.2, 0.25) is 27.6 Å². The Labute approximate surface area is 179 Å². The van der Waals surface area contributed by atoms with Gasteiger partial charge in [0.25, 0.3) is 0 Å². The fourth-order valence-electron chi connectivity index (χ4n) is 2.68. The number of hydrogen-bond donors (Lipinski definition) is 1. The molecule has 1 heterocycles. The topological polar surface area (TPSA) is 105 Å². The van der Waals surface area contributed by atoms with Gasteiger partial charge < -0.3 is 9.84 Å². The van der Waals surface area contributed by atoms with E-state index in [1.165, 1.54) is 0 Å². The Kier molecular flexibility index (Phi) is 6.42. The second-order valence-corrected chi connectivity index (χ2v) is 9.18. The first-order valence-corrected chi connectivity index (χ1v) is 11.3. The van der Waals surface area contributed by atoms with Crippen molar-refractivity contribution >= 4 is 33.2 Å². The number of carbonyl (C=O) groups excluding carboxylic acids is 1. The van der Waals surface area contributed by atoms with Gasteiger partial charge in [-0.1, -0.05) is 22.8 Å². The third-order valence-corrected chi connectivity index (χ3v) is 5.87. The van der Waals surface area contributed by atoms with Crippen molar-refractivity contribution in [2.75, 3.05) is 17.1 Å². The maximum absolute atomic E-state index is 12.4. The average Bonchev–Trinajstić information content (AvgIpc) is 3.15. The summed E-state index contributed by atoms with van der Waals surface area (Å²) < 4.78 is 30.6. The zero-order valence-electron chi connectivity index (χ0n) is 16.7. The smallest absolute Gasteiger partial charge is 0.246 e. The molecular weight excluding hydrogens is 428 g/mol. The predicted molar refractivity (Wildman–Crippen MR) is 115 cm³/mol. The summed E-state index contributed by atoms with van der Waals surface area (Å²) in [6.45, 7) is 3.43. The molecule has 0 unspecified atom stereocenters. The molecular formula is C20H21ClN4O4S. The van der Waals surface area contributed by atoms with Gasteiger partial charge in [0.1, 0.15) is 6.54 Å². The molecule has 0 aliphatic rings. The van der Waals surface area contributed by atoms with Crippen LogP contribution in [0.5, 0.6) is 0 Å². The Bertz CT molecular complexity index is 1160. The number of rotatable bonds is 7. The summed E-state index contributed by atoms with van der Waals surface area (Å²) in [6, 6.07) is 12.2. The number of nitrogens with zero attached hydrogens (tertiary/aromatic N) is 3. The maximum atomic E-state index is 12.4. The van der Waals surface area contributed by atoms with Crippen molar-refractivity contribution in [2.45, 2.75) is 20.4 Å². The summed E-state index contributed by atoms with van der Waals surface area (Å²) in [4.78, 5) is 16.6. The lowest BCUT2D eigenvalue weighted by Gasteiger charge is -2.22. The lowest BCUT2D eigenvalue weighted by atomic mass is 10.1. The molecule has 0 radical (unpaired) electrons. The molecule has 0 saturated carbocycles. The predicted octanol–water partition coefficient (Wildman–Crippen LogP) is 3.09. The van der Waals surface area contributed by atoms with Crippen LogP contribution < -0.4 is 9.62 Å². The van der Waals surface area contributed by atoms with E-state index in [1.54, 1.807) is 36.4 Å². The van der Waals surface area contributed by atoms with Crippen molar-refractivity contribution in [2.24, 2.45) is 0 Å². The molecule has 1 aromatic heterocycles. The summed E-state index contributed by atoms with van der Waals surface area (Å²) in [6.07, 6.45) is 1.06. The SMILES string of the molecule is Cc1ccc(N(CC(=O)NCc2nc(-c3ccc(Cl)cc3)no2)S(C)(=O)=O)cc1C. The second-order valence-electron chi connectivity index (χ2n) is 6.83. The van der Waals surface area contributed by atoms with Crippen molar-refractivity contribution in [3.63, 3.8) is 0 Å². The monoisotopic (exact) mass is 448 g/mol. The van der Waals surface area contributed by atoms with Gasteiger partial charge in [-0.3, -0.25) is 9.10 Å². The molecule has 158 valence electrons. The van der Waals surface area contributed by atoms with Crippen LogP contribution >= 0.6 is 11.6 Å². The molecule has 2 aromatic carbocycles. The fourth-order valence-corrected chi connectivity index (χ4v) is 3.66. The number of anilines is 1. The summed E-state index contributed by atoms with van der Waals surface area (Å²) in [5.74, 6) is 0.0686. The van der Waals surface area contributed by atoms with E-state index in [4.69, 9.17) is 16.1 Å². The Morgan fingerprint density at radius 3 is 2.47 bits per heavy atom. The molecule has 0 aliphatic heterocycles. The van der Waals surface area contributed by atoms with Crippen LogP contribution in [-0.4, -0.2) is 37.3 Å². The number of nitrogens with one attached hydrogen (secondary N) is 1. The van der Waals surface area contributed by atoms with E-state index in [9.17, 15) is 13.2 Å². The fraction of sp³-hybridized carbons (Fsp3) is 0.250. The number of hydrogen-bond acceptors (Lipinski definition) is 6. The van der Waals surface area contributed by atoms with Crippen LogP contribution in [0.2, 0.25) is 5.02 Å². The molecule has 0 bridgehead atoms. The number of carbonyl (C=O) groups is 1. The van der Waals surface area contributed by atoms with Gasteiger partial charge >= 0.3 is 0 Å². The Morgan fingerprint density at radius 2 is 1.83 bits per heavy atom. The first-order chi connectivity index (χ1) is 14.1. The van der Waals surface area contributed by atoms with E-state index in [-0.39, 0.29) is 19.0 Å². The van der Waals surface area contributed by atoms with E-state index < -0.39 is 15.9 Å². The molecule has 0 aliphatic carbocycles. The van der Waals surface area contributed by atoms with Crippen molar-refractivity contribution in [3.8, 4) is 11.4 Å². The molecule has 0 saturated heterocycles. The van der Waals surface area contributed by atoms with E-state index in [0.29, 0.717) is 16.5 Å². The van der Waals surface area contributed by atoms with Gasteiger partial charge in [-0.15, -0.1) is 0 Å². The number of benzene rings is 2. The van der Waals surface area contributed by atoms with Crippen molar-refractivity contribution < 1.29 is 17.7 Å². The quantitative estimate of drug-likeness (QED) is 0.595. The summed E-state index contributed by atoms with van der Waals surface area (Å²) in [5.41, 5.74) is 3.11. The molecule has 3 rings (SSSR count). The van der Waals surface area contributed by atoms with E-state index in [2.05, 4.69) is 15.5 Å². The molecule has 8 nitrogen and oxygen atoms in total. The number of halogens is 1. The highest BCUT2D eigenvalue weighted by atomic mass is 35.5. The van der Waals surface area contributed by atoms with Crippen LogP contribution in [-0.2, 0) is 21.4 Å². The minimum Gasteiger partial charge on any atom is -0.345 e. The van der Waals surface area contributed by atoms with Gasteiger partial charge in [0.05, 0.1) is 18.5 Å². The van der Waals surface area contributed by atoms with Crippen molar-refractivity contribution in [1.82, 2.24) is 15.5 Å².